The highest BCUT2D eigenvalue weighted by molar-refractivity contribution is 14.1. The highest BCUT2D eigenvalue weighted by atomic mass is 127. The van der Waals surface area contributed by atoms with Crippen LogP contribution in [0, 0.1) is 10.5 Å². The summed E-state index contributed by atoms with van der Waals surface area (Å²) in [4.78, 5) is 7.01. The van der Waals surface area contributed by atoms with Crippen LogP contribution in [-0.2, 0) is 4.74 Å². The van der Waals surface area contributed by atoms with E-state index in [0.717, 1.165) is 24.2 Å². The average Bonchev–Trinajstić information content (AvgIpc) is 2.85. The molecule has 1 fully saturated rings. The molecule has 2 aromatic rings. The number of pyridine rings is 1. The van der Waals surface area contributed by atoms with Crippen molar-refractivity contribution in [1.82, 2.24) is 4.98 Å². The Hall–Kier alpha value is -0.880. The number of ether oxygens (including phenoxy) is 1. The molecule has 0 amide bonds. The standard InChI is InChI=1S/C15H17IN2O/c1-10-8-14(18-7-3-4-15(18)19-2)12-6-5-11(16)9-13(12)17-10/h5-6,8-9,15H,3-4,7H2,1-2H3/t15-/m0/s1. The number of hydrogen-bond acceptors (Lipinski definition) is 3. The van der Waals surface area contributed by atoms with Crippen molar-refractivity contribution in [2.75, 3.05) is 18.6 Å². The van der Waals surface area contributed by atoms with Gasteiger partial charge < -0.3 is 9.64 Å². The van der Waals surface area contributed by atoms with Gasteiger partial charge in [0.2, 0.25) is 0 Å². The number of fused-ring (bicyclic) bond motifs is 1. The van der Waals surface area contributed by atoms with E-state index in [2.05, 4.69) is 63.7 Å². The van der Waals surface area contributed by atoms with Crippen LogP contribution in [0.15, 0.2) is 24.3 Å². The van der Waals surface area contributed by atoms with Gasteiger partial charge in [-0.15, -0.1) is 0 Å². The van der Waals surface area contributed by atoms with E-state index in [1.807, 2.05) is 0 Å². The van der Waals surface area contributed by atoms with Gasteiger partial charge in [0.1, 0.15) is 6.23 Å². The molecule has 0 aliphatic carbocycles. The molecular weight excluding hydrogens is 351 g/mol. The summed E-state index contributed by atoms with van der Waals surface area (Å²) in [6.07, 6.45) is 2.49. The second-order valence-corrected chi connectivity index (χ2v) is 6.22. The van der Waals surface area contributed by atoms with Gasteiger partial charge >= 0.3 is 0 Å². The highest BCUT2D eigenvalue weighted by Gasteiger charge is 2.26. The predicted molar refractivity (Wildman–Crippen MR) is 86.6 cm³/mol. The maximum atomic E-state index is 5.59. The third-order valence-corrected chi connectivity index (χ3v) is 4.33. The predicted octanol–water partition coefficient (Wildman–Crippen LogP) is 3.72. The van der Waals surface area contributed by atoms with Gasteiger partial charge in [-0.3, -0.25) is 4.98 Å². The van der Waals surface area contributed by atoms with Crippen molar-refractivity contribution in [1.29, 1.82) is 0 Å². The van der Waals surface area contributed by atoms with Crippen molar-refractivity contribution in [3.8, 4) is 0 Å². The van der Waals surface area contributed by atoms with E-state index in [1.54, 1.807) is 7.11 Å². The monoisotopic (exact) mass is 368 g/mol. The highest BCUT2D eigenvalue weighted by Crippen LogP contribution is 2.33. The second-order valence-electron chi connectivity index (χ2n) is 4.97. The first-order chi connectivity index (χ1) is 9.19. The zero-order chi connectivity index (χ0) is 13.4. The molecule has 0 spiro atoms. The van der Waals surface area contributed by atoms with Gasteiger partial charge in [-0.25, -0.2) is 0 Å². The smallest absolute Gasteiger partial charge is 0.129 e. The zero-order valence-electron chi connectivity index (χ0n) is 11.2. The fourth-order valence-electron chi connectivity index (χ4n) is 2.81. The molecular formula is C15H17IN2O. The summed E-state index contributed by atoms with van der Waals surface area (Å²) in [5, 5.41) is 1.22. The lowest BCUT2D eigenvalue weighted by Crippen LogP contribution is -2.30. The summed E-state index contributed by atoms with van der Waals surface area (Å²) >= 11 is 2.33. The molecule has 2 heterocycles. The number of aromatic nitrogens is 1. The third kappa shape index (κ3) is 2.43. The molecule has 3 nitrogen and oxygen atoms in total. The van der Waals surface area contributed by atoms with Crippen molar-refractivity contribution in [3.63, 3.8) is 0 Å². The quantitative estimate of drug-likeness (QED) is 0.756. The Kier molecular flexibility index (Phi) is 3.62. The number of benzene rings is 1. The van der Waals surface area contributed by atoms with E-state index in [1.165, 1.54) is 21.1 Å². The summed E-state index contributed by atoms with van der Waals surface area (Å²) in [6.45, 7) is 3.11. The minimum absolute atomic E-state index is 0.198. The molecule has 1 aliphatic heterocycles. The Morgan fingerprint density at radius 3 is 3.00 bits per heavy atom. The van der Waals surface area contributed by atoms with Crippen LogP contribution in [0.25, 0.3) is 10.9 Å². The van der Waals surface area contributed by atoms with Gasteiger partial charge in [-0.2, -0.15) is 0 Å². The van der Waals surface area contributed by atoms with Crippen LogP contribution in [0.5, 0.6) is 0 Å². The van der Waals surface area contributed by atoms with Crippen molar-refractivity contribution < 1.29 is 4.74 Å². The van der Waals surface area contributed by atoms with Crippen LogP contribution < -0.4 is 4.90 Å². The lowest BCUT2D eigenvalue weighted by Gasteiger charge is -2.27. The Balaban J connectivity index is 2.17. The van der Waals surface area contributed by atoms with Crippen molar-refractivity contribution >= 4 is 39.2 Å². The summed E-state index contributed by atoms with van der Waals surface area (Å²) in [6, 6.07) is 8.63. The lowest BCUT2D eigenvalue weighted by molar-refractivity contribution is 0.111. The molecule has 3 rings (SSSR count). The Labute approximate surface area is 127 Å². The normalized spacial score (nSPS) is 19.3. The van der Waals surface area contributed by atoms with Gasteiger partial charge in [-0.05, 0) is 66.6 Å². The maximum absolute atomic E-state index is 5.59. The van der Waals surface area contributed by atoms with E-state index in [0.29, 0.717) is 0 Å². The molecule has 1 atom stereocenters. The van der Waals surface area contributed by atoms with Gasteiger partial charge in [0, 0.05) is 34.0 Å². The first kappa shape index (κ1) is 13.1. The van der Waals surface area contributed by atoms with Crippen molar-refractivity contribution in [3.05, 3.63) is 33.5 Å². The van der Waals surface area contributed by atoms with E-state index in [-0.39, 0.29) is 6.23 Å². The van der Waals surface area contributed by atoms with E-state index in [4.69, 9.17) is 4.74 Å². The largest absolute Gasteiger partial charge is 0.362 e. The van der Waals surface area contributed by atoms with Gasteiger partial charge in [0.05, 0.1) is 5.52 Å². The number of nitrogens with zero attached hydrogens (tertiary/aromatic N) is 2. The fraction of sp³-hybridized carbons (Fsp3) is 0.400. The number of rotatable bonds is 2. The molecule has 19 heavy (non-hydrogen) atoms. The summed E-state index contributed by atoms with van der Waals surface area (Å²) in [7, 11) is 1.79. The average molecular weight is 368 g/mol. The first-order valence-corrected chi connectivity index (χ1v) is 7.63. The Bertz CT molecular complexity index is 609. The molecule has 1 aliphatic rings. The van der Waals surface area contributed by atoms with Crippen LogP contribution in [-0.4, -0.2) is 24.9 Å². The maximum Gasteiger partial charge on any atom is 0.129 e. The van der Waals surface area contributed by atoms with Crippen LogP contribution in [0.4, 0.5) is 5.69 Å². The molecule has 1 aromatic heterocycles. The molecule has 0 saturated carbocycles. The van der Waals surface area contributed by atoms with Gasteiger partial charge in [-0.1, -0.05) is 0 Å². The molecule has 1 saturated heterocycles. The van der Waals surface area contributed by atoms with Crippen LogP contribution in [0.1, 0.15) is 18.5 Å². The number of methoxy groups -OCH3 is 1. The number of hydrogen-bond donors (Lipinski definition) is 0. The molecule has 0 N–H and O–H groups in total. The lowest BCUT2D eigenvalue weighted by atomic mass is 10.1. The van der Waals surface area contributed by atoms with Crippen LogP contribution in [0.3, 0.4) is 0 Å². The minimum atomic E-state index is 0.198. The van der Waals surface area contributed by atoms with Crippen molar-refractivity contribution in [2.45, 2.75) is 26.0 Å². The molecule has 0 bridgehead atoms. The molecule has 1 aromatic carbocycles. The summed E-state index contributed by atoms with van der Waals surface area (Å²) in [5.74, 6) is 0. The van der Waals surface area contributed by atoms with E-state index < -0.39 is 0 Å². The molecule has 0 unspecified atom stereocenters. The zero-order valence-corrected chi connectivity index (χ0v) is 13.3. The molecule has 0 radical (unpaired) electrons. The minimum Gasteiger partial charge on any atom is -0.362 e. The van der Waals surface area contributed by atoms with Gasteiger partial charge in [0.15, 0.2) is 0 Å². The third-order valence-electron chi connectivity index (χ3n) is 3.66. The topological polar surface area (TPSA) is 25.4 Å². The number of anilines is 1. The Morgan fingerprint density at radius 1 is 1.37 bits per heavy atom. The molecule has 4 heteroatoms. The first-order valence-electron chi connectivity index (χ1n) is 6.55. The van der Waals surface area contributed by atoms with Crippen LogP contribution >= 0.6 is 22.6 Å². The summed E-state index contributed by atoms with van der Waals surface area (Å²) < 4.78 is 6.82. The summed E-state index contributed by atoms with van der Waals surface area (Å²) in [5.41, 5.74) is 3.39. The van der Waals surface area contributed by atoms with E-state index in [9.17, 15) is 0 Å². The van der Waals surface area contributed by atoms with Gasteiger partial charge in [0.25, 0.3) is 0 Å². The second kappa shape index (κ2) is 5.25. The van der Waals surface area contributed by atoms with E-state index >= 15 is 0 Å². The fourth-order valence-corrected chi connectivity index (χ4v) is 3.28. The number of aryl methyl sites for hydroxylation is 1. The SMILES string of the molecule is CO[C@H]1CCCN1c1cc(C)nc2cc(I)ccc12. The molecule has 100 valence electrons. The Morgan fingerprint density at radius 2 is 2.21 bits per heavy atom. The van der Waals surface area contributed by atoms with Crippen molar-refractivity contribution in [2.24, 2.45) is 0 Å². The van der Waals surface area contributed by atoms with Crippen LogP contribution in [0.2, 0.25) is 0 Å². The number of halogens is 1.